The molecule has 0 aliphatic carbocycles. The zero-order valence-electron chi connectivity index (χ0n) is 17.2. The Labute approximate surface area is 175 Å². The summed E-state index contributed by atoms with van der Waals surface area (Å²) in [4.78, 5) is 28.3. The van der Waals surface area contributed by atoms with E-state index in [4.69, 9.17) is 0 Å². The van der Waals surface area contributed by atoms with E-state index >= 15 is 0 Å². The van der Waals surface area contributed by atoms with Gasteiger partial charge in [0.25, 0.3) is 15.9 Å². The minimum atomic E-state index is -3.89. The second-order valence-corrected chi connectivity index (χ2v) is 8.89. The van der Waals surface area contributed by atoms with Gasteiger partial charge in [0.05, 0.1) is 10.6 Å². The number of hydrogen-bond donors (Lipinski definition) is 2. The van der Waals surface area contributed by atoms with Gasteiger partial charge >= 0.3 is 0 Å². The van der Waals surface area contributed by atoms with Gasteiger partial charge in [-0.05, 0) is 50.6 Å². The highest BCUT2D eigenvalue weighted by Gasteiger charge is 2.24. The average molecular weight is 428 g/mol. The quantitative estimate of drug-likeness (QED) is 0.604. The van der Waals surface area contributed by atoms with Gasteiger partial charge in [0, 0.05) is 29.7 Å². The number of fused-ring (bicyclic) bond motifs is 1. The number of benzene rings is 2. The number of aromatic nitrogens is 1. The number of carbonyl (C=O) groups excluding carboxylic acids is 1. The summed E-state index contributed by atoms with van der Waals surface area (Å²) in [5, 5.41) is 2.91. The first-order valence-electron chi connectivity index (χ1n) is 9.83. The van der Waals surface area contributed by atoms with E-state index < -0.39 is 21.4 Å². The highest BCUT2D eigenvalue weighted by Crippen LogP contribution is 2.24. The van der Waals surface area contributed by atoms with E-state index in [1.165, 1.54) is 22.6 Å². The topological polar surface area (TPSA) is 99.3 Å². The summed E-state index contributed by atoms with van der Waals surface area (Å²) in [6.45, 7) is 5.76. The number of aromatic amines is 1. The maximum atomic E-state index is 13.3. The molecule has 0 saturated carbocycles. The van der Waals surface area contributed by atoms with Crippen LogP contribution in [0.1, 0.15) is 37.6 Å². The van der Waals surface area contributed by atoms with Gasteiger partial charge in [-0.1, -0.05) is 25.1 Å². The van der Waals surface area contributed by atoms with Crippen LogP contribution in [0.4, 0.5) is 5.69 Å². The SMILES string of the molecule is CCC(C)NC(=O)c1c[nH]c2ccc(S(=O)(=O)N(CC)c3ccccc3)cc2c1=O. The van der Waals surface area contributed by atoms with Crippen molar-refractivity contribution in [2.75, 3.05) is 10.8 Å². The Hall–Kier alpha value is -3.13. The predicted molar refractivity (Wildman–Crippen MR) is 118 cm³/mol. The van der Waals surface area contributed by atoms with E-state index in [-0.39, 0.29) is 28.4 Å². The lowest BCUT2D eigenvalue weighted by molar-refractivity contribution is 0.0938. The van der Waals surface area contributed by atoms with Gasteiger partial charge < -0.3 is 10.3 Å². The lowest BCUT2D eigenvalue weighted by Crippen LogP contribution is -2.35. The number of amides is 1. The third kappa shape index (κ3) is 4.09. The predicted octanol–water partition coefficient (Wildman–Crippen LogP) is 3.27. The summed E-state index contributed by atoms with van der Waals surface area (Å²) in [5.74, 6) is -0.486. The molecular formula is C22H25N3O4S. The number of rotatable bonds is 7. The smallest absolute Gasteiger partial charge is 0.264 e. The summed E-state index contributed by atoms with van der Waals surface area (Å²) in [5.41, 5.74) is 0.439. The van der Waals surface area contributed by atoms with Gasteiger partial charge in [-0.25, -0.2) is 8.42 Å². The Morgan fingerprint density at radius 1 is 1.13 bits per heavy atom. The molecule has 1 unspecified atom stereocenters. The second kappa shape index (κ2) is 8.71. The molecule has 3 rings (SSSR count). The van der Waals surface area contributed by atoms with E-state index in [1.54, 1.807) is 37.3 Å². The lowest BCUT2D eigenvalue weighted by atomic mass is 10.1. The molecule has 0 aliphatic heterocycles. The number of anilines is 1. The van der Waals surface area contributed by atoms with Gasteiger partial charge in [0.2, 0.25) is 5.43 Å². The maximum absolute atomic E-state index is 13.3. The molecule has 3 aromatic rings. The van der Waals surface area contributed by atoms with E-state index in [0.29, 0.717) is 11.2 Å². The Morgan fingerprint density at radius 3 is 2.47 bits per heavy atom. The highest BCUT2D eigenvalue weighted by atomic mass is 32.2. The van der Waals surface area contributed by atoms with Gasteiger partial charge in [-0.2, -0.15) is 0 Å². The molecule has 0 spiro atoms. The third-order valence-corrected chi connectivity index (χ3v) is 6.91. The summed E-state index contributed by atoms with van der Waals surface area (Å²) < 4.78 is 27.8. The van der Waals surface area contributed by atoms with Crippen LogP contribution in [0.2, 0.25) is 0 Å². The van der Waals surface area contributed by atoms with Crippen molar-refractivity contribution >= 4 is 32.5 Å². The summed E-state index contributed by atoms with van der Waals surface area (Å²) in [7, 11) is -3.89. The van der Waals surface area contributed by atoms with Crippen molar-refractivity contribution in [3.05, 3.63) is 70.5 Å². The van der Waals surface area contributed by atoms with Gasteiger partial charge in [-0.15, -0.1) is 0 Å². The molecule has 1 atom stereocenters. The lowest BCUT2D eigenvalue weighted by Gasteiger charge is -2.23. The Morgan fingerprint density at radius 2 is 1.83 bits per heavy atom. The van der Waals surface area contributed by atoms with Crippen molar-refractivity contribution in [3.8, 4) is 0 Å². The number of nitrogens with zero attached hydrogens (tertiary/aromatic N) is 1. The fourth-order valence-corrected chi connectivity index (χ4v) is 4.64. The molecule has 0 radical (unpaired) electrons. The molecule has 1 heterocycles. The largest absolute Gasteiger partial charge is 0.360 e. The van der Waals surface area contributed by atoms with Crippen LogP contribution in [0, 0.1) is 0 Å². The van der Waals surface area contributed by atoms with E-state index in [9.17, 15) is 18.0 Å². The van der Waals surface area contributed by atoms with Crippen LogP contribution in [0.3, 0.4) is 0 Å². The van der Waals surface area contributed by atoms with E-state index in [0.717, 1.165) is 6.42 Å². The molecule has 0 fully saturated rings. The number of para-hydroxylation sites is 1. The van der Waals surface area contributed by atoms with Gasteiger partial charge in [0.15, 0.2) is 0 Å². The molecule has 0 aliphatic rings. The van der Waals surface area contributed by atoms with Crippen LogP contribution >= 0.6 is 0 Å². The third-order valence-electron chi connectivity index (χ3n) is 5.01. The standard InChI is InChI=1S/C22H25N3O4S/c1-4-15(3)24-22(27)19-14-23-20-12-11-17(13-18(20)21(19)26)30(28,29)25(5-2)16-9-7-6-8-10-16/h6-15H,4-5H2,1-3H3,(H,23,26)(H,24,27). The fourth-order valence-electron chi connectivity index (χ4n) is 3.14. The molecule has 8 heteroatoms. The van der Waals surface area contributed by atoms with Gasteiger partial charge in [0.1, 0.15) is 5.56 Å². The first kappa shape index (κ1) is 21.6. The summed E-state index contributed by atoms with van der Waals surface area (Å²) in [6.07, 6.45) is 2.09. The molecule has 158 valence electrons. The van der Waals surface area contributed by atoms with Crippen LogP contribution in [0.25, 0.3) is 10.9 Å². The molecule has 1 aromatic heterocycles. The number of sulfonamides is 1. The van der Waals surface area contributed by atoms with E-state index in [2.05, 4.69) is 10.3 Å². The monoisotopic (exact) mass is 427 g/mol. The molecular weight excluding hydrogens is 402 g/mol. The summed E-state index contributed by atoms with van der Waals surface area (Å²) >= 11 is 0. The Kier molecular flexibility index (Phi) is 6.26. The van der Waals surface area contributed by atoms with Crippen molar-refractivity contribution < 1.29 is 13.2 Å². The van der Waals surface area contributed by atoms with Crippen LogP contribution < -0.4 is 15.1 Å². The number of hydrogen-bond acceptors (Lipinski definition) is 4. The molecule has 0 saturated heterocycles. The maximum Gasteiger partial charge on any atom is 0.264 e. The number of pyridine rings is 1. The molecule has 2 N–H and O–H groups in total. The number of H-pyrrole nitrogens is 1. The fraction of sp³-hybridized carbons (Fsp3) is 0.273. The van der Waals surface area contributed by atoms with Crippen LogP contribution in [0.15, 0.2) is 64.4 Å². The Bertz CT molecular complexity index is 1220. The van der Waals surface area contributed by atoms with Crippen molar-refractivity contribution in [2.24, 2.45) is 0 Å². The normalized spacial score (nSPS) is 12.5. The average Bonchev–Trinajstić information content (AvgIpc) is 2.74. The van der Waals surface area contributed by atoms with Crippen molar-refractivity contribution in [1.29, 1.82) is 0 Å². The number of nitrogens with one attached hydrogen (secondary N) is 2. The summed E-state index contributed by atoms with van der Waals surface area (Å²) in [6, 6.07) is 13.0. The van der Waals surface area contributed by atoms with Crippen LogP contribution in [-0.2, 0) is 10.0 Å². The number of carbonyl (C=O) groups is 1. The van der Waals surface area contributed by atoms with Crippen molar-refractivity contribution in [3.63, 3.8) is 0 Å². The minimum Gasteiger partial charge on any atom is -0.360 e. The van der Waals surface area contributed by atoms with Crippen LogP contribution in [0.5, 0.6) is 0 Å². The highest BCUT2D eigenvalue weighted by molar-refractivity contribution is 7.92. The molecule has 1 amide bonds. The van der Waals surface area contributed by atoms with Crippen molar-refractivity contribution in [2.45, 2.75) is 38.1 Å². The molecule has 2 aromatic carbocycles. The van der Waals surface area contributed by atoms with Gasteiger partial charge in [-0.3, -0.25) is 13.9 Å². The first-order valence-corrected chi connectivity index (χ1v) is 11.3. The first-order chi connectivity index (χ1) is 14.3. The molecule has 0 bridgehead atoms. The second-order valence-electron chi connectivity index (χ2n) is 7.03. The molecule has 7 nitrogen and oxygen atoms in total. The minimum absolute atomic E-state index is 0.00862. The Balaban J connectivity index is 2.08. The zero-order chi connectivity index (χ0) is 21.9. The molecule has 30 heavy (non-hydrogen) atoms. The van der Waals surface area contributed by atoms with E-state index in [1.807, 2.05) is 19.9 Å². The van der Waals surface area contributed by atoms with Crippen LogP contribution in [-0.4, -0.2) is 31.9 Å². The zero-order valence-corrected chi connectivity index (χ0v) is 18.0. The van der Waals surface area contributed by atoms with Crippen molar-refractivity contribution in [1.82, 2.24) is 10.3 Å².